The zero-order valence-corrected chi connectivity index (χ0v) is 10.3. The first-order chi connectivity index (χ1) is 7.16. The number of halogens is 2. The Morgan fingerprint density at radius 3 is 2.67 bits per heavy atom. The van der Waals surface area contributed by atoms with Gasteiger partial charge in [-0.3, -0.25) is 0 Å². The highest BCUT2D eigenvalue weighted by Gasteiger charge is 1.98. The molecule has 78 valence electrons. The molecule has 0 saturated carbocycles. The summed E-state index contributed by atoms with van der Waals surface area (Å²) in [6.07, 6.45) is 1.96. The maximum absolute atomic E-state index is 5.90. The Kier molecular flexibility index (Phi) is 3.14. The summed E-state index contributed by atoms with van der Waals surface area (Å²) in [4.78, 5) is 5.37. The third kappa shape index (κ3) is 2.43. The first kappa shape index (κ1) is 10.7. The second-order valence-corrected chi connectivity index (χ2v) is 4.69. The molecule has 2 nitrogen and oxygen atoms in total. The maximum atomic E-state index is 5.90. The Morgan fingerprint density at radius 2 is 2.07 bits per heavy atom. The van der Waals surface area contributed by atoms with Crippen molar-refractivity contribution in [3.05, 3.63) is 44.6 Å². The first-order valence-corrected chi connectivity index (χ1v) is 5.90. The smallest absolute Gasteiger partial charge is 0.189 e. The fourth-order valence-corrected chi connectivity index (χ4v) is 2.14. The summed E-state index contributed by atoms with van der Waals surface area (Å²) in [5.74, 6) is 0. The Hall–Kier alpha value is -0.770. The molecule has 0 amide bonds. The molecule has 0 radical (unpaired) electrons. The number of aromatic nitrogens is 1. The minimum absolute atomic E-state index is 0.525. The van der Waals surface area contributed by atoms with Gasteiger partial charge in [-0.05, 0) is 18.2 Å². The SMILES string of the molecule is Cn1ccsc1=Nc1ccc(Cl)c(Cl)c1. The molecule has 0 bridgehead atoms. The van der Waals surface area contributed by atoms with Crippen LogP contribution in [0.15, 0.2) is 34.8 Å². The average Bonchev–Trinajstić information content (AvgIpc) is 2.59. The molecule has 0 unspecified atom stereocenters. The van der Waals surface area contributed by atoms with E-state index in [0.29, 0.717) is 10.0 Å². The van der Waals surface area contributed by atoms with Gasteiger partial charge < -0.3 is 4.57 Å². The van der Waals surface area contributed by atoms with Crippen molar-refractivity contribution in [3.8, 4) is 0 Å². The van der Waals surface area contributed by atoms with Gasteiger partial charge in [0.05, 0.1) is 15.7 Å². The van der Waals surface area contributed by atoms with Gasteiger partial charge in [0.2, 0.25) is 0 Å². The molecule has 1 heterocycles. The molecule has 1 aromatic heterocycles. The van der Waals surface area contributed by atoms with E-state index in [1.165, 1.54) is 0 Å². The van der Waals surface area contributed by atoms with Crippen LogP contribution in [0.4, 0.5) is 5.69 Å². The monoisotopic (exact) mass is 258 g/mol. The number of thiazole rings is 1. The van der Waals surface area contributed by atoms with Gasteiger partial charge in [0, 0.05) is 18.6 Å². The van der Waals surface area contributed by atoms with Gasteiger partial charge in [-0.1, -0.05) is 23.2 Å². The van der Waals surface area contributed by atoms with Gasteiger partial charge in [-0.25, -0.2) is 4.99 Å². The molecular weight excluding hydrogens is 251 g/mol. The predicted octanol–water partition coefficient (Wildman–Crippen LogP) is 3.63. The van der Waals surface area contributed by atoms with Crippen molar-refractivity contribution in [2.45, 2.75) is 0 Å². The lowest BCUT2D eigenvalue weighted by Crippen LogP contribution is -2.07. The number of hydrogen-bond acceptors (Lipinski definition) is 2. The quantitative estimate of drug-likeness (QED) is 0.744. The fourth-order valence-electron chi connectivity index (χ4n) is 1.10. The topological polar surface area (TPSA) is 17.3 Å². The zero-order chi connectivity index (χ0) is 10.8. The molecule has 2 rings (SSSR count). The second kappa shape index (κ2) is 4.39. The lowest BCUT2D eigenvalue weighted by Gasteiger charge is -1.97. The van der Waals surface area contributed by atoms with E-state index in [-0.39, 0.29) is 0 Å². The van der Waals surface area contributed by atoms with Crippen LogP contribution in [-0.2, 0) is 7.05 Å². The minimum Gasteiger partial charge on any atom is -0.327 e. The van der Waals surface area contributed by atoms with Crippen LogP contribution in [0.2, 0.25) is 10.0 Å². The number of rotatable bonds is 1. The van der Waals surface area contributed by atoms with Crippen molar-refractivity contribution in [3.63, 3.8) is 0 Å². The van der Waals surface area contributed by atoms with E-state index < -0.39 is 0 Å². The summed E-state index contributed by atoms with van der Waals surface area (Å²) >= 11 is 13.3. The van der Waals surface area contributed by atoms with Crippen LogP contribution in [0, 0.1) is 0 Å². The van der Waals surface area contributed by atoms with Gasteiger partial charge in [-0.2, -0.15) is 0 Å². The van der Waals surface area contributed by atoms with Crippen LogP contribution in [0.1, 0.15) is 0 Å². The average molecular weight is 259 g/mol. The Labute approximate surface area is 101 Å². The summed E-state index contributed by atoms with van der Waals surface area (Å²) in [6, 6.07) is 5.34. The van der Waals surface area contributed by atoms with Crippen LogP contribution >= 0.6 is 34.5 Å². The number of aryl methyl sites for hydroxylation is 1. The number of hydrogen-bond donors (Lipinski definition) is 0. The van der Waals surface area contributed by atoms with Crippen molar-refractivity contribution in [2.24, 2.45) is 12.0 Å². The van der Waals surface area contributed by atoms with Gasteiger partial charge in [0.15, 0.2) is 4.80 Å². The second-order valence-electron chi connectivity index (χ2n) is 3.01. The predicted molar refractivity (Wildman–Crippen MR) is 65.0 cm³/mol. The molecular formula is C10H8Cl2N2S. The van der Waals surface area contributed by atoms with E-state index in [1.807, 2.05) is 29.3 Å². The summed E-state index contributed by atoms with van der Waals surface area (Å²) in [6.45, 7) is 0. The molecule has 0 aliphatic carbocycles. The molecule has 5 heteroatoms. The van der Waals surface area contributed by atoms with Crippen LogP contribution in [0.3, 0.4) is 0 Å². The fraction of sp³-hybridized carbons (Fsp3) is 0.100. The normalized spacial score (nSPS) is 12.1. The van der Waals surface area contributed by atoms with Crippen molar-refractivity contribution < 1.29 is 0 Å². The lowest BCUT2D eigenvalue weighted by atomic mass is 10.3. The highest BCUT2D eigenvalue weighted by atomic mass is 35.5. The van der Waals surface area contributed by atoms with Crippen LogP contribution in [0.25, 0.3) is 0 Å². The summed E-state index contributed by atoms with van der Waals surface area (Å²) in [5, 5.41) is 3.05. The van der Waals surface area contributed by atoms with E-state index in [2.05, 4.69) is 4.99 Å². The van der Waals surface area contributed by atoms with Gasteiger partial charge >= 0.3 is 0 Å². The lowest BCUT2D eigenvalue weighted by molar-refractivity contribution is 0.874. The van der Waals surface area contributed by atoms with Gasteiger partial charge in [0.25, 0.3) is 0 Å². The van der Waals surface area contributed by atoms with E-state index in [4.69, 9.17) is 23.2 Å². The highest BCUT2D eigenvalue weighted by molar-refractivity contribution is 7.07. The largest absolute Gasteiger partial charge is 0.327 e. The zero-order valence-electron chi connectivity index (χ0n) is 7.95. The number of benzene rings is 1. The molecule has 15 heavy (non-hydrogen) atoms. The molecule has 0 aliphatic rings. The first-order valence-electron chi connectivity index (χ1n) is 4.27. The molecule has 2 aromatic rings. The molecule has 0 aliphatic heterocycles. The highest BCUT2D eigenvalue weighted by Crippen LogP contribution is 2.26. The molecule has 1 aromatic carbocycles. The third-order valence-electron chi connectivity index (χ3n) is 1.89. The van der Waals surface area contributed by atoms with E-state index in [0.717, 1.165) is 10.5 Å². The van der Waals surface area contributed by atoms with Crippen LogP contribution in [-0.4, -0.2) is 4.57 Å². The summed E-state index contributed by atoms with van der Waals surface area (Å²) < 4.78 is 1.95. The Bertz CT molecular complexity index is 542. The summed E-state index contributed by atoms with van der Waals surface area (Å²) in [5.41, 5.74) is 0.808. The van der Waals surface area contributed by atoms with E-state index in [9.17, 15) is 0 Å². The van der Waals surface area contributed by atoms with Gasteiger partial charge in [0.1, 0.15) is 0 Å². The van der Waals surface area contributed by atoms with Crippen molar-refractivity contribution in [1.29, 1.82) is 0 Å². The van der Waals surface area contributed by atoms with Crippen molar-refractivity contribution in [1.82, 2.24) is 4.57 Å². The van der Waals surface area contributed by atoms with E-state index >= 15 is 0 Å². The standard InChI is InChI=1S/C10H8Cl2N2S/c1-14-4-5-15-10(14)13-7-2-3-8(11)9(12)6-7/h2-6H,1H3. The van der Waals surface area contributed by atoms with Crippen molar-refractivity contribution in [2.75, 3.05) is 0 Å². The van der Waals surface area contributed by atoms with Gasteiger partial charge in [-0.15, -0.1) is 11.3 Å². The molecule has 0 fully saturated rings. The molecule has 0 atom stereocenters. The maximum Gasteiger partial charge on any atom is 0.189 e. The number of nitrogens with zero attached hydrogens (tertiary/aromatic N) is 2. The van der Waals surface area contributed by atoms with Crippen molar-refractivity contribution >= 4 is 40.2 Å². The third-order valence-corrected chi connectivity index (χ3v) is 3.47. The van der Waals surface area contributed by atoms with Crippen LogP contribution in [0.5, 0.6) is 0 Å². The summed E-state index contributed by atoms with van der Waals surface area (Å²) in [7, 11) is 1.95. The van der Waals surface area contributed by atoms with Crippen LogP contribution < -0.4 is 4.80 Å². The Balaban J connectivity index is 2.49. The minimum atomic E-state index is 0.525. The molecule has 0 spiro atoms. The Morgan fingerprint density at radius 1 is 1.27 bits per heavy atom. The van der Waals surface area contributed by atoms with E-state index in [1.54, 1.807) is 23.5 Å². The molecule has 0 saturated heterocycles. The molecule has 0 N–H and O–H groups in total.